The Balaban J connectivity index is 2.98. The highest BCUT2D eigenvalue weighted by molar-refractivity contribution is 7.92. The maximum Gasteiger partial charge on any atom is 0.418 e. The standard InChI is InChI=1S/C11H14ClF3N2O2S/c1-16-5-2-6-20(18,19)17-10-4-3-8(12)7-9(10)11(13,14)15/h3-4,7,16-17H,2,5-6H2,1H3. The summed E-state index contributed by atoms with van der Waals surface area (Å²) in [7, 11) is -2.18. The molecule has 0 unspecified atom stereocenters. The second-order valence-electron chi connectivity index (χ2n) is 4.07. The number of halogens is 4. The molecule has 1 aromatic rings. The highest BCUT2D eigenvalue weighted by Gasteiger charge is 2.34. The van der Waals surface area contributed by atoms with Crippen LogP contribution < -0.4 is 10.0 Å². The van der Waals surface area contributed by atoms with Gasteiger partial charge < -0.3 is 5.32 Å². The van der Waals surface area contributed by atoms with E-state index in [1.807, 2.05) is 4.72 Å². The summed E-state index contributed by atoms with van der Waals surface area (Å²) in [4.78, 5) is 0. The van der Waals surface area contributed by atoms with Crippen molar-refractivity contribution < 1.29 is 21.6 Å². The lowest BCUT2D eigenvalue weighted by molar-refractivity contribution is -0.136. The predicted molar refractivity (Wildman–Crippen MR) is 72.4 cm³/mol. The number of alkyl halides is 3. The van der Waals surface area contributed by atoms with E-state index >= 15 is 0 Å². The highest BCUT2D eigenvalue weighted by atomic mass is 35.5. The summed E-state index contributed by atoms with van der Waals surface area (Å²) < 4.78 is 63.8. The Morgan fingerprint density at radius 2 is 1.95 bits per heavy atom. The van der Waals surface area contributed by atoms with Crippen molar-refractivity contribution >= 4 is 27.3 Å². The molecule has 114 valence electrons. The van der Waals surface area contributed by atoms with Crippen LogP contribution >= 0.6 is 11.6 Å². The summed E-state index contributed by atoms with van der Waals surface area (Å²) in [5.41, 5.74) is -1.63. The molecular weight excluding hydrogens is 317 g/mol. The number of benzene rings is 1. The van der Waals surface area contributed by atoms with Crippen LogP contribution in [0.25, 0.3) is 0 Å². The molecule has 0 fully saturated rings. The largest absolute Gasteiger partial charge is 0.418 e. The van der Waals surface area contributed by atoms with Crippen LogP contribution in [0.3, 0.4) is 0 Å². The quantitative estimate of drug-likeness (QED) is 0.788. The number of nitrogens with one attached hydrogen (secondary N) is 2. The van der Waals surface area contributed by atoms with Gasteiger partial charge in [-0.2, -0.15) is 13.2 Å². The lowest BCUT2D eigenvalue weighted by Gasteiger charge is -2.15. The summed E-state index contributed by atoms with van der Waals surface area (Å²) >= 11 is 5.51. The number of hydrogen-bond donors (Lipinski definition) is 2. The van der Waals surface area contributed by atoms with Crippen molar-refractivity contribution in [3.8, 4) is 0 Å². The molecule has 1 aromatic carbocycles. The number of anilines is 1. The van der Waals surface area contributed by atoms with Crippen LogP contribution in [-0.4, -0.2) is 27.8 Å². The van der Waals surface area contributed by atoms with Gasteiger partial charge in [0.2, 0.25) is 10.0 Å². The van der Waals surface area contributed by atoms with E-state index in [1.165, 1.54) is 6.07 Å². The maximum absolute atomic E-state index is 12.8. The van der Waals surface area contributed by atoms with Crippen LogP contribution in [0.2, 0.25) is 5.02 Å². The van der Waals surface area contributed by atoms with E-state index in [0.29, 0.717) is 19.0 Å². The van der Waals surface area contributed by atoms with Gasteiger partial charge >= 0.3 is 6.18 Å². The van der Waals surface area contributed by atoms with Gasteiger partial charge in [-0.05, 0) is 38.2 Å². The van der Waals surface area contributed by atoms with Gasteiger partial charge in [0, 0.05) is 5.02 Å². The Morgan fingerprint density at radius 3 is 2.50 bits per heavy atom. The second-order valence-corrected chi connectivity index (χ2v) is 6.34. The van der Waals surface area contributed by atoms with Crippen LogP contribution in [0.1, 0.15) is 12.0 Å². The minimum atomic E-state index is -4.69. The zero-order valence-electron chi connectivity index (χ0n) is 10.6. The lowest BCUT2D eigenvalue weighted by atomic mass is 10.2. The number of hydrogen-bond acceptors (Lipinski definition) is 3. The fraction of sp³-hybridized carbons (Fsp3) is 0.455. The molecule has 0 aliphatic carbocycles. The molecular formula is C11H14ClF3N2O2S. The van der Waals surface area contributed by atoms with Crippen LogP contribution in [0.5, 0.6) is 0 Å². The molecule has 0 aliphatic rings. The van der Waals surface area contributed by atoms with Gasteiger partial charge in [0.1, 0.15) is 0 Å². The third-order valence-corrected chi connectivity index (χ3v) is 3.98. The van der Waals surface area contributed by atoms with Gasteiger partial charge in [-0.25, -0.2) is 8.42 Å². The molecule has 0 saturated heterocycles. The third kappa shape index (κ3) is 5.18. The first-order chi connectivity index (χ1) is 9.15. The van der Waals surface area contributed by atoms with Gasteiger partial charge in [-0.15, -0.1) is 0 Å². The molecule has 0 heterocycles. The molecule has 4 nitrogen and oxygen atoms in total. The zero-order valence-corrected chi connectivity index (χ0v) is 12.2. The molecule has 0 saturated carbocycles. The van der Waals surface area contributed by atoms with E-state index in [-0.39, 0.29) is 10.8 Å². The summed E-state index contributed by atoms with van der Waals surface area (Å²) in [6.07, 6.45) is -4.39. The molecule has 2 N–H and O–H groups in total. The molecule has 0 bridgehead atoms. The Bertz CT molecular complexity index is 561. The first-order valence-electron chi connectivity index (χ1n) is 5.67. The van der Waals surface area contributed by atoms with Crippen LogP contribution in [-0.2, 0) is 16.2 Å². The van der Waals surface area contributed by atoms with Crippen LogP contribution in [0.4, 0.5) is 18.9 Å². The summed E-state index contributed by atoms with van der Waals surface area (Å²) in [6, 6.07) is 2.88. The van der Waals surface area contributed by atoms with E-state index < -0.39 is 27.5 Å². The van der Waals surface area contributed by atoms with Crippen molar-refractivity contribution in [2.75, 3.05) is 24.1 Å². The molecule has 0 aromatic heterocycles. The van der Waals surface area contributed by atoms with Crippen molar-refractivity contribution in [2.24, 2.45) is 0 Å². The van der Waals surface area contributed by atoms with E-state index in [4.69, 9.17) is 11.6 Å². The Morgan fingerprint density at radius 1 is 1.30 bits per heavy atom. The van der Waals surface area contributed by atoms with E-state index in [1.54, 1.807) is 7.05 Å². The van der Waals surface area contributed by atoms with Gasteiger partial charge in [-0.1, -0.05) is 11.6 Å². The maximum atomic E-state index is 12.8. The highest BCUT2D eigenvalue weighted by Crippen LogP contribution is 2.36. The van der Waals surface area contributed by atoms with Crippen molar-refractivity contribution in [3.05, 3.63) is 28.8 Å². The third-order valence-electron chi connectivity index (χ3n) is 2.39. The molecule has 0 spiro atoms. The Kier molecular flexibility index (Phi) is 5.67. The lowest BCUT2D eigenvalue weighted by Crippen LogP contribution is -2.22. The monoisotopic (exact) mass is 330 g/mol. The number of sulfonamides is 1. The van der Waals surface area contributed by atoms with Crippen LogP contribution in [0, 0.1) is 0 Å². The molecule has 0 atom stereocenters. The molecule has 0 aliphatic heterocycles. The van der Waals surface area contributed by atoms with Crippen molar-refractivity contribution in [2.45, 2.75) is 12.6 Å². The molecule has 1 rings (SSSR count). The smallest absolute Gasteiger partial charge is 0.320 e. The zero-order chi connectivity index (χ0) is 15.4. The Hall–Kier alpha value is -0.990. The number of rotatable bonds is 6. The average molecular weight is 331 g/mol. The van der Waals surface area contributed by atoms with Gasteiger partial charge in [0.25, 0.3) is 0 Å². The molecule has 0 amide bonds. The minimum Gasteiger partial charge on any atom is -0.320 e. The fourth-order valence-corrected chi connectivity index (χ4v) is 2.81. The van der Waals surface area contributed by atoms with E-state index in [9.17, 15) is 21.6 Å². The first-order valence-corrected chi connectivity index (χ1v) is 7.70. The van der Waals surface area contributed by atoms with Crippen LogP contribution in [0.15, 0.2) is 18.2 Å². The normalized spacial score (nSPS) is 12.4. The van der Waals surface area contributed by atoms with Crippen molar-refractivity contribution in [1.29, 1.82) is 0 Å². The second kappa shape index (κ2) is 6.64. The van der Waals surface area contributed by atoms with Crippen molar-refractivity contribution in [3.63, 3.8) is 0 Å². The van der Waals surface area contributed by atoms with Gasteiger partial charge in [-0.3, -0.25) is 4.72 Å². The summed E-state index contributed by atoms with van der Waals surface area (Å²) in [5.74, 6) is -0.270. The Labute approximate surface area is 120 Å². The van der Waals surface area contributed by atoms with Crippen molar-refractivity contribution in [1.82, 2.24) is 5.32 Å². The van der Waals surface area contributed by atoms with Gasteiger partial charge in [0.15, 0.2) is 0 Å². The predicted octanol–water partition coefficient (Wildman–Crippen LogP) is 2.71. The average Bonchev–Trinajstić information content (AvgIpc) is 2.30. The van der Waals surface area contributed by atoms with E-state index in [0.717, 1.165) is 6.07 Å². The van der Waals surface area contributed by atoms with Gasteiger partial charge in [0.05, 0.1) is 17.0 Å². The fourth-order valence-electron chi connectivity index (χ4n) is 1.50. The summed E-state index contributed by atoms with van der Waals surface area (Å²) in [5, 5.41) is 2.64. The molecule has 20 heavy (non-hydrogen) atoms. The topological polar surface area (TPSA) is 58.2 Å². The SMILES string of the molecule is CNCCCS(=O)(=O)Nc1ccc(Cl)cc1C(F)(F)F. The molecule has 0 radical (unpaired) electrons. The molecule has 9 heteroatoms. The minimum absolute atomic E-state index is 0.115. The first kappa shape index (κ1) is 17.1. The summed E-state index contributed by atoms with van der Waals surface area (Å²) in [6.45, 7) is 0.452. The van der Waals surface area contributed by atoms with E-state index in [2.05, 4.69) is 5.32 Å².